The Morgan fingerprint density at radius 3 is 2.29 bits per heavy atom. The highest BCUT2D eigenvalue weighted by atomic mass is 14.5. The highest BCUT2D eigenvalue weighted by Gasteiger charge is 2.18. The van der Waals surface area contributed by atoms with Crippen LogP contribution in [0.1, 0.15) is 31.4 Å². The minimum atomic E-state index is 0.141. The maximum absolute atomic E-state index is 5.58. The molecule has 1 rings (SSSR count). The molecule has 0 radical (unpaired) electrons. The first-order chi connectivity index (χ1) is 6.60. The van der Waals surface area contributed by atoms with E-state index in [4.69, 9.17) is 12.2 Å². The van der Waals surface area contributed by atoms with Gasteiger partial charge in [-0.05, 0) is 36.1 Å². The van der Waals surface area contributed by atoms with Gasteiger partial charge in [0.25, 0.3) is 0 Å². The summed E-state index contributed by atoms with van der Waals surface area (Å²) in [4.78, 5) is 0. The van der Waals surface area contributed by atoms with Crippen LogP contribution in [-0.2, 0) is 5.41 Å². The topological polar surface area (TPSA) is 26.0 Å². The fourth-order valence-electron chi connectivity index (χ4n) is 1.52. The average Bonchev–Trinajstić information content (AvgIpc) is 2.18. The molecular formula is C13H17N. The molecule has 1 heteroatoms. The van der Waals surface area contributed by atoms with Crippen LogP contribution in [0.3, 0.4) is 0 Å². The lowest BCUT2D eigenvalue weighted by Crippen LogP contribution is -2.21. The van der Waals surface area contributed by atoms with E-state index in [1.165, 1.54) is 5.56 Å². The minimum Gasteiger partial charge on any atom is -0.330 e. The summed E-state index contributed by atoms with van der Waals surface area (Å²) < 4.78 is 0. The van der Waals surface area contributed by atoms with E-state index in [1.54, 1.807) is 0 Å². The molecule has 0 aliphatic carbocycles. The van der Waals surface area contributed by atoms with Crippen LogP contribution in [0.4, 0.5) is 0 Å². The second-order valence-corrected chi connectivity index (χ2v) is 4.14. The maximum atomic E-state index is 5.58. The van der Waals surface area contributed by atoms with E-state index in [1.807, 2.05) is 12.1 Å². The molecule has 0 aliphatic rings. The van der Waals surface area contributed by atoms with Crippen molar-refractivity contribution in [2.75, 3.05) is 6.54 Å². The standard InChI is InChI=1S/C13H17N/c1-4-11-5-7-12(8-6-11)13(2,3)9-10-14/h1,5-8H,9-10,14H2,2-3H3. The van der Waals surface area contributed by atoms with Crippen molar-refractivity contribution in [1.82, 2.24) is 0 Å². The van der Waals surface area contributed by atoms with Crippen molar-refractivity contribution >= 4 is 0 Å². The zero-order valence-electron chi connectivity index (χ0n) is 8.88. The molecule has 74 valence electrons. The van der Waals surface area contributed by atoms with E-state index in [0.29, 0.717) is 6.54 Å². The molecule has 0 spiro atoms. The molecule has 0 atom stereocenters. The number of nitrogens with two attached hydrogens (primary N) is 1. The van der Waals surface area contributed by atoms with Gasteiger partial charge < -0.3 is 5.73 Å². The zero-order valence-corrected chi connectivity index (χ0v) is 8.88. The summed E-state index contributed by atoms with van der Waals surface area (Å²) in [6.07, 6.45) is 6.29. The number of hydrogen-bond donors (Lipinski definition) is 1. The Kier molecular flexibility index (Phi) is 3.33. The number of rotatable bonds is 3. The molecule has 1 aromatic carbocycles. The van der Waals surface area contributed by atoms with Crippen LogP contribution in [0.2, 0.25) is 0 Å². The SMILES string of the molecule is C#Cc1ccc(C(C)(C)CCN)cc1. The third-order valence-corrected chi connectivity index (χ3v) is 2.60. The molecule has 0 saturated carbocycles. The monoisotopic (exact) mass is 187 g/mol. The molecule has 0 saturated heterocycles. The lowest BCUT2D eigenvalue weighted by molar-refractivity contribution is 0.487. The van der Waals surface area contributed by atoms with Crippen molar-refractivity contribution in [3.8, 4) is 12.3 Å². The van der Waals surface area contributed by atoms with E-state index in [0.717, 1.165) is 12.0 Å². The largest absolute Gasteiger partial charge is 0.330 e. The van der Waals surface area contributed by atoms with E-state index in [-0.39, 0.29) is 5.41 Å². The summed E-state index contributed by atoms with van der Waals surface area (Å²) in [5.74, 6) is 2.61. The minimum absolute atomic E-state index is 0.141. The molecule has 1 nitrogen and oxygen atoms in total. The van der Waals surface area contributed by atoms with Crippen LogP contribution < -0.4 is 5.73 Å². The van der Waals surface area contributed by atoms with Gasteiger partial charge in [-0.15, -0.1) is 6.42 Å². The first-order valence-corrected chi connectivity index (χ1v) is 4.87. The van der Waals surface area contributed by atoms with Crippen molar-refractivity contribution in [3.05, 3.63) is 35.4 Å². The fourth-order valence-corrected chi connectivity index (χ4v) is 1.52. The zero-order chi connectivity index (χ0) is 10.6. The number of terminal acetylenes is 1. The van der Waals surface area contributed by atoms with Crippen LogP contribution in [-0.4, -0.2) is 6.54 Å². The van der Waals surface area contributed by atoms with Gasteiger partial charge in [0.2, 0.25) is 0 Å². The summed E-state index contributed by atoms with van der Waals surface area (Å²) in [6.45, 7) is 5.11. The maximum Gasteiger partial charge on any atom is 0.0242 e. The molecule has 0 unspecified atom stereocenters. The summed E-state index contributed by atoms with van der Waals surface area (Å²) >= 11 is 0. The Morgan fingerprint density at radius 2 is 1.86 bits per heavy atom. The quantitative estimate of drug-likeness (QED) is 0.722. The smallest absolute Gasteiger partial charge is 0.0242 e. The molecule has 0 amide bonds. The summed E-state index contributed by atoms with van der Waals surface area (Å²) in [7, 11) is 0. The summed E-state index contributed by atoms with van der Waals surface area (Å²) in [5.41, 5.74) is 7.94. The summed E-state index contributed by atoms with van der Waals surface area (Å²) in [5, 5.41) is 0. The molecule has 1 aromatic rings. The van der Waals surface area contributed by atoms with Gasteiger partial charge >= 0.3 is 0 Å². The molecular weight excluding hydrogens is 170 g/mol. The third-order valence-electron chi connectivity index (χ3n) is 2.60. The van der Waals surface area contributed by atoms with Crippen molar-refractivity contribution < 1.29 is 0 Å². The molecule has 0 fully saturated rings. The Balaban J connectivity index is 2.92. The lowest BCUT2D eigenvalue weighted by atomic mass is 9.81. The Hall–Kier alpha value is -1.26. The second-order valence-electron chi connectivity index (χ2n) is 4.14. The molecule has 14 heavy (non-hydrogen) atoms. The van der Waals surface area contributed by atoms with Crippen LogP contribution in [0.5, 0.6) is 0 Å². The fraction of sp³-hybridized carbons (Fsp3) is 0.385. The first-order valence-electron chi connectivity index (χ1n) is 4.87. The van der Waals surface area contributed by atoms with Gasteiger partial charge in [0.15, 0.2) is 0 Å². The second kappa shape index (κ2) is 4.30. The van der Waals surface area contributed by atoms with Gasteiger partial charge in [-0.2, -0.15) is 0 Å². The summed E-state index contributed by atoms with van der Waals surface area (Å²) in [6, 6.07) is 8.14. The Bertz CT molecular complexity index is 327. The molecule has 0 bridgehead atoms. The van der Waals surface area contributed by atoms with Crippen LogP contribution in [0, 0.1) is 12.3 Å². The van der Waals surface area contributed by atoms with Gasteiger partial charge in [-0.3, -0.25) is 0 Å². The van der Waals surface area contributed by atoms with E-state index >= 15 is 0 Å². The normalized spacial score (nSPS) is 11.0. The predicted octanol–water partition coefficient (Wildman–Crippen LogP) is 2.29. The van der Waals surface area contributed by atoms with E-state index in [9.17, 15) is 0 Å². The van der Waals surface area contributed by atoms with Gasteiger partial charge in [-0.25, -0.2) is 0 Å². The molecule has 0 heterocycles. The first kappa shape index (κ1) is 10.8. The predicted molar refractivity (Wildman–Crippen MR) is 61.1 cm³/mol. The molecule has 2 N–H and O–H groups in total. The van der Waals surface area contributed by atoms with Crippen LogP contribution in [0.25, 0.3) is 0 Å². The van der Waals surface area contributed by atoms with Gasteiger partial charge in [-0.1, -0.05) is 31.9 Å². The van der Waals surface area contributed by atoms with Gasteiger partial charge in [0.1, 0.15) is 0 Å². The van der Waals surface area contributed by atoms with Crippen LogP contribution >= 0.6 is 0 Å². The Labute approximate surface area is 86.3 Å². The van der Waals surface area contributed by atoms with Gasteiger partial charge in [0.05, 0.1) is 0 Å². The Morgan fingerprint density at radius 1 is 1.29 bits per heavy atom. The average molecular weight is 187 g/mol. The van der Waals surface area contributed by atoms with Crippen LogP contribution in [0.15, 0.2) is 24.3 Å². The van der Waals surface area contributed by atoms with E-state index < -0.39 is 0 Å². The molecule has 0 aliphatic heterocycles. The number of hydrogen-bond acceptors (Lipinski definition) is 1. The third kappa shape index (κ3) is 2.37. The van der Waals surface area contributed by atoms with Crippen molar-refractivity contribution in [2.24, 2.45) is 5.73 Å². The van der Waals surface area contributed by atoms with Crippen molar-refractivity contribution in [1.29, 1.82) is 0 Å². The van der Waals surface area contributed by atoms with Crippen molar-refractivity contribution in [2.45, 2.75) is 25.7 Å². The van der Waals surface area contributed by atoms with Gasteiger partial charge in [0, 0.05) is 5.56 Å². The van der Waals surface area contributed by atoms with E-state index in [2.05, 4.69) is 31.9 Å². The molecule has 0 aromatic heterocycles. The highest BCUT2D eigenvalue weighted by molar-refractivity contribution is 5.36. The highest BCUT2D eigenvalue weighted by Crippen LogP contribution is 2.26. The number of benzene rings is 1. The van der Waals surface area contributed by atoms with Crippen molar-refractivity contribution in [3.63, 3.8) is 0 Å². The lowest BCUT2D eigenvalue weighted by Gasteiger charge is -2.24.